The molecule has 0 saturated carbocycles. The topological polar surface area (TPSA) is 29.3 Å². The SMILES string of the molecule is CC1CN(C(C)CCN)C1. The summed E-state index contributed by atoms with van der Waals surface area (Å²) in [4.78, 5) is 2.50. The minimum atomic E-state index is 0.709. The molecule has 1 unspecified atom stereocenters. The third-order valence-electron chi connectivity index (χ3n) is 2.30. The highest BCUT2D eigenvalue weighted by atomic mass is 15.2. The maximum absolute atomic E-state index is 5.45. The van der Waals surface area contributed by atoms with Crippen LogP contribution in [0.2, 0.25) is 0 Å². The Morgan fingerprint density at radius 3 is 2.60 bits per heavy atom. The van der Waals surface area contributed by atoms with Crippen molar-refractivity contribution in [3.8, 4) is 0 Å². The molecular weight excluding hydrogens is 124 g/mol. The van der Waals surface area contributed by atoms with Crippen molar-refractivity contribution in [2.75, 3.05) is 19.6 Å². The van der Waals surface area contributed by atoms with Gasteiger partial charge in [0.2, 0.25) is 0 Å². The molecule has 2 N–H and O–H groups in total. The molecule has 0 aromatic rings. The lowest BCUT2D eigenvalue weighted by atomic mass is 9.99. The van der Waals surface area contributed by atoms with Crippen LogP contribution in [0.3, 0.4) is 0 Å². The Bertz CT molecular complexity index is 94.7. The summed E-state index contributed by atoms with van der Waals surface area (Å²) in [5, 5.41) is 0. The van der Waals surface area contributed by atoms with E-state index in [9.17, 15) is 0 Å². The van der Waals surface area contributed by atoms with Crippen LogP contribution < -0.4 is 5.73 Å². The van der Waals surface area contributed by atoms with E-state index in [-0.39, 0.29) is 0 Å². The van der Waals surface area contributed by atoms with Gasteiger partial charge in [-0.05, 0) is 25.8 Å². The van der Waals surface area contributed by atoms with Gasteiger partial charge in [0.25, 0.3) is 0 Å². The third-order valence-corrected chi connectivity index (χ3v) is 2.30. The number of likely N-dealkylation sites (tertiary alicyclic amines) is 1. The van der Waals surface area contributed by atoms with Gasteiger partial charge in [-0.25, -0.2) is 0 Å². The van der Waals surface area contributed by atoms with Gasteiger partial charge < -0.3 is 5.73 Å². The lowest BCUT2D eigenvalue weighted by Crippen LogP contribution is -2.50. The number of nitrogens with zero attached hydrogens (tertiary/aromatic N) is 1. The minimum absolute atomic E-state index is 0.709. The fraction of sp³-hybridized carbons (Fsp3) is 1.00. The number of hydrogen-bond acceptors (Lipinski definition) is 2. The molecule has 10 heavy (non-hydrogen) atoms. The molecule has 60 valence electrons. The van der Waals surface area contributed by atoms with Crippen LogP contribution in [0.25, 0.3) is 0 Å². The average molecular weight is 142 g/mol. The number of rotatable bonds is 3. The summed E-state index contributed by atoms with van der Waals surface area (Å²) in [6.45, 7) is 7.94. The van der Waals surface area contributed by atoms with E-state index < -0.39 is 0 Å². The Hall–Kier alpha value is -0.0800. The molecule has 1 saturated heterocycles. The van der Waals surface area contributed by atoms with Gasteiger partial charge in [-0.1, -0.05) is 6.92 Å². The molecule has 1 aliphatic rings. The van der Waals surface area contributed by atoms with Crippen molar-refractivity contribution in [1.82, 2.24) is 4.90 Å². The standard InChI is InChI=1S/C8H18N2/c1-7-5-10(6-7)8(2)3-4-9/h7-8H,3-6,9H2,1-2H3. The molecule has 2 heteroatoms. The van der Waals surface area contributed by atoms with E-state index in [4.69, 9.17) is 5.73 Å². The Labute approximate surface area is 63.4 Å². The zero-order valence-electron chi connectivity index (χ0n) is 7.01. The van der Waals surface area contributed by atoms with Gasteiger partial charge in [0.1, 0.15) is 0 Å². The Balaban J connectivity index is 2.11. The fourth-order valence-electron chi connectivity index (χ4n) is 1.53. The lowest BCUT2D eigenvalue weighted by molar-refractivity contribution is 0.0676. The molecule has 0 spiro atoms. The van der Waals surface area contributed by atoms with Crippen molar-refractivity contribution >= 4 is 0 Å². The predicted octanol–water partition coefficient (Wildman–Crippen LogP) is 0.675. The highest BCUT2D eigenvalue weighted by Crippen LogP contribution is 2.18. The zero-order chi connectivity index (χ0) is 7.56. The van der Waals surface area contributed by atoms with Crippen molar-refractivity contribution in [1.29, 1.82) is 0 Å². The number of hydrogen-bond donors (Lipinski definition) is 1. The van der Waals surface area contributed by atoms with Crippen molar-refractivity contribution in [3.63, 3.8) is 0 Å². The second-order valence-electron chi connectivity index (χ2n) is 3.49. The highest BCUT2D eigenvalue weighted by Gasteiger charge is 2.25. The molecule has 0 radical (unpaired) electrons. The van der Waals surface area contributed by atoms with E-state index in [0.29, 0.717) is 6.04 Å². The summed E-state index contributed by atoms with van der Waals surface area (Å²) in [6, 6.07) is 0.709. The number of nitrogens with two attached hydrogens (primary N) is 1. The first kappa shape index (κ1) is 8.02. The molecule has 1 heterocycles. The first-order valence-corrected chi connectivity index (χ1v) is 4.18. The summed E-state index contributed by atoms with van der Waals surface area (Å²) in [5.41, 5.74) is 5.45. The fourth-order valence-corrected chi connectivity index (χ4v) is 1.53. The maximum atomic E-state index is 5.45. The van der Waals surface area contributed by atoms with Gasteiger partial charge in [0.05, 0.1) is 0 Å². The van der Waals surface area contributed by atoms with Crippen LogP contribution in [-0.4, -0.2) is 30.6 Å². The van der Waals surface area contributed by atoms with Gasteiger partial charge in [-0.3, -0.25) is 4.90 Å². The van der Waals surface area contributed by atoms with E-state index in [2.05, 4.69) is 18.7 Å². The highest BCUT2D eigenvalue weighted by molar-refractivity contribution is 4.80. The Morgan fingerprint density at radius 1 is 1.60 bits per heavy atom. The van der Waals surface area contributed by atoms with Crippen molar-refractivity contribution in [2.24, 2.45) is 11.7 Å². The average Bonchev–Trinajstić information content (AvgIpc) is 1.82. The van der Waals surface area contributed by atoms with Crippen LogP contribution in [0.15, 0.2) is 0 Å². The second kappa shape index (κ2) is 3.35. The smallest absolute Gasteiger partial charge is 0.00791 e. The van der Waals surface area contributed by atoms with Crippen molar-refractivity contribution in [2.45, 2.75) is 26.3 Å². The van der Waals surface area contributed by atoms with E-state index in [1.54, 1.807) is 0 Å². The van der Waals surface area contributed by atoms with E-state index in [1.165, 1.54) is 13.1 Å². The van der Waals surface area contributed by atoms with E-state index >= 15 is 0 Å². The van der Waals surface area contributed by atoms with Crippen LogP contribution in [0.4, 0.5) is 0 Å². The van der Waals surface area contributed by atoms with Crippen LogP contribution in [-0.2, 0) is 0 Å². The van der Waals surface area contributed by atoms with Crippen LogP contribution in [0, 0.1) is 5.92 Å². The summed E-state index contributed by atoms with van der Waals surface area (Å²) in [5.74, 6) is 0.917. The van der Waals surface area contributed by atoms with Gasteiger partial charge in [0.15, 0.2) is 0 Å². The second-order valence-corrected chi connectivity index (χ2v) is 3.49. The van der Waals surface area contributed by atoms with Crippen molar-refractivity contribution in [3.05, 3.63) is 0 Å². The van der Waals surface area contributed by atoms with Gasteiger partial charge >= 0.3 is 0 Å². The normalized spacial score (nSPS) is 24.3. The van der Waals surface area contributed by atoms with Crippen LogP contribution in [0.1, 0.15) is 20.3 Å². The van der Waals surface area contributed by atoms with Crippen LogP contribution >= 0.6 is 0 Å². The molecule has 1 aliphatic heterocycles. The molecule has 0 aromatic heterocycles. The molecule has 0 amide bonds. The molecule has 1 rings (SSSR count). The van der Waals surface area contributed by atoms with Gasteiger partial charge in [0, 0.05) is 19.1 Å². The molecule has 2 nitrogen and oxygen atoms in total. The van der Waals surface area contributed by atoms with Gasteiger partial charge in [-0.2, -0.15) is 0 Å². The van der Waals surface area contributed by atoms with Gasteiger partial charge in [-0.15, -0.1) is 0 Å². The van der Waals surface area contributed by atoms with Crippen molar-refractivity contribution < 1.29 is 0 Å². The molecule has 1 fully saturated rings. The predicted molar refractivity (Wildman–Crippen MR) is 43.9 cm³/mol. The first-order valence-electron chi connectivity index (χ1n) is 4.18. The molecule has 0 bridgehead atoms. The Morgan fingerprint density at radius 2 is 2.20 bits per heavy atom. The summed E-state index contributed by atoms with van der Waals surface area (Å²) in [6.07, 6.45) is 1.15. The Kier molecular flexibility index (Phi) is 2.69. The monoisotopic (exact) mass is 142 g/mol. The molecule has 0 aliphatic carbocycles. The zero-order valence-corrected chi connectivity index (χ0v) is 7.01. The summed E-state index contributed by atoms with van der Waals surface area (Å²) >= 11 is 0. The molecule has 0 aromatic carbocycles. The summed E-state index contributed by atoms with van der Waals surface area (Å²) in [7, 11) is 0. The maximum Gasteiger partial charge on any atom is 0.00791 e. The minimum Gasteiger partial charge on any atom is -0.330 e. The first-order chi connectivity index (χ1) is 4.74. The summed E-state index contributed by atoms with van der Waals surface area (Å²) < 4.78 is 0. The van der Waals surface area contributed by atoms with E-state index in [1.807, 2.05) is 0 Å². The lowest BCUT2D eigenvalue weighted by Gasteiger charge is -2.41. The third kappa shape index (κ3) is 1.70. The van der Waals surface area contributed by atoms with E-state index in [0.717, 1.165) is 18.9 Å². The molecule has 1 atom stereocenters. The largest absolute Gasteiger partial charge is 0.330 e. The quantitative estimate of drug-likeness (QED) is 0.627. The van der Waals surface area contributed by atoms with Crippen LogP contribution in [0.5, 0.6) is 0 Å². The molecular formula is C8H18N2.